The van der Waals surface area contributed by atoms with Crippen LogP contribution < -0.4 is 11.1 Å². The molecule has 1 atom stereocenters. The molecule has 0 fully saturated rings. The minimum Gasteiger partial charge on any atom is -0.329 e. The van der Waals surface area contributed by atoms with Crippen LogP contribution in [0.25, 0.3) is 0 Å². The highest BCUT2D eigenvalue weighted by Gasteiger charge is 2.35. The van der Waals surface area contributed by atoms with Gasteiger partial charge in [0.15, 0.2) is 0 Å². The molecule has 4 rings (SSSR count). The van der Waals surface area contributed by atoms with Gasteiger partial charge in [-0.2, -0.15) is 0 Å². The lowest BCUT2D eigenvalue weighted by molar-refractivity contribution is 0.479. The first-order chi connectivity index (χ1) is 14.3. The number of benzene rings is 3. The summed E-state index contributed by atoms with van der Waals surface area (Å²) in [5, 5.41) is 3.79. The molecule has 1 aliphatic carbocycles. The Morgan fingerprint density at radius 2 is 1.34 bits per heavy atom. The van der Waals surface area contributed by atoms with Gasteiger partial charge in [0.05, 0.1) is 5.54 Å². The SMILES string of the molecule is NCCNC(c1ccccc1)(c1ccccc1)c1ccc(C2CC=CCC2)cc1. The second-order valence-corrected chi connectivity index (χ2v) is 7.80. The number of hydrogen-bond acceptors (Lipinski definition) is 2. The van der Waals surface area contributed by atoms with Gasteiger partial charge in [0, 0.05) is 13.1 Å². The second-order valence-electron chi connectivity index (χ2n) is 7.80. The maximum Gasteiger partial charge on any atom is 0.0948 e. The van der Waals surface area contributed by atoms with Crippen molar-refractivity contribution < 1.29 is 0 Å². The maximum absolute atomic E-state index is 5.92. The van der Waals surface area contributed by atoms with E-state index in [-0.39, 0.29) is 0 Å². The van der Waals surface area contributed by atoms with Crippen LogP contribution in [0.5, 0.6) is 0 Å². The number of hydrogen-bond donors (Lipinski definition) is 2. The monoisotopic (exact) mass is 382 g/mol. The minimum absolute atomic E-state index is 0.424. The molecule has 3 N–H and O–H groups in total. The van der Waals surface area contributed by atoms with E-state index < -0.39 is 5.54 Å². The largest absolute Gasteiger partial charge is 0.329 e. The number of nitrogens with two attached hydrogens (primary N) is 1. The highest BCUT2D eigenvalue weighted by Crippen LogP contribution is 2.38. The van der Waals surface area contributed by atoms with Crippen molar-refractivity contribution in [1.82, 2.24) is 5.32 Å². The van der Waals surface area contributed by atoms with Crippen LogP contribution in [0, 0.1) is 0 Å². The van der Waals surface area contributed by atoms with Crippen molar-refractivity contribution in [3.63, 3.8) is 0 Å². The van der Waals surface area contributed by atoms with Gasteiger partial charge in [-0.15, -0.1) is 0 Å². The van der Waals surface area contributed by atoms with Crippen LogP contribution in [0.15, 0.2) is 97.1 Å². The fraction of sp³-hybridized carbons (Fsp3) is 0.259. The molecule has 0 bridgehead atoms. The summed E-state index contributed by atoms with van der Waals surface area (Å²) in [4.78, 5) is 0. The molecular weight excluding hydrogens is 352 g/mol. The molecule has 2 nitrogen and oxygen atoms in total. The first-order valence-corrected chi connectivity index (χ1v) is 10.7. The molecule has 0 aromatic heterocycles. The summed E-state index contributed by atoms with van der Waals surface area (Å²) >= 11 is 0. The Morgan fingerprint density at radius 3 is 1.86 bits per heavy atom. The molecule has 0 spiro atoms. The second kappa shape index (κ2) is 9.21. The predicted octanol–water partition coefficient (Wildman–Crippen LogP) is 5.35. The average molecular weight is 383 g/mol. The molecule has 1 unspecified atom stereocenters. The number of nitrogens with one attached hydrogen (secondary N) is 1. The minimum atomic E-state index is -0.424. The predicted molar refractivity (Wildman–Crippen MR) is 122 cm³/mol. The van der Waals surface area contributed by atoms with Gasteiger partial charge in [0.2, 0.25) is 0 Å². The summed E-state index contributed by atoms with van der Waals surface area (Å²) in [5.41, 5.74) is 10.6. The summed E-state index contributed by atoms with van der Waals surface area (Å²) < 4.78 is 0. The van der Waals surface area contributed by atoms with Crippen LogP contribution in [0.2, 0.25) is 0 Å². The molecule has 0 heterocycles. The third kappa shape index (κ3) is 4.05. The highest BCUT2D eigenvalue weighted by atomic mass is 15.0. The van der Waals surface area contributed by atoms with Gasteiger partial charge >= 0.3 is 0 Å². The lowest BCUT2D eigenvalue weighted by Gasteiger charge is -2.37. The zero-order valence-electron chi connectivity index (χ0n) is 16.9. The smallest absolute Gasteiger partial charge is 0.0948 e. The highest BCUT2D eigenvalue weighted by molar-refractivity contribution is 5.50. The Morgan fingerprint density at radius 1 is 0.759 bits per heavy atom. The van der Waals surface area contributed by atoms with E-state index in [1.54, 1.807) is 0 Å². The van der Waals surface area contributed by atoms with E-state index in [0.717, 1.165) is 13.0 Å². The van der Waals surface area contributed by atoms with Crippen LogP contribution in [0.1, 0.15) is 47.4 Å². The lowest BCUT2D eigenvalue weighted by atomic mass is 9.76. The van der Waals surface area contributed by atoms with Crippen LogP contribution in [0.3, 0.4) is 0 Å². The quantitative estimate of drug-likeness (QED) is 0.427. The molecule has 0 saturated carbocycles. The molecule has 148 valence electrons. The summed E-state index contributed by atoms with van der Waals surface area (Å²) in [6.07, 6.45) is 8.19. The van der Waals surface area contributed by atoms with Crippen molar-refractivity contribution in [3.05, 3.63) is 119 Å². The fourth-order valence-corrected chi connectivity index (χ4v) is 4.54. The maximum atomic E-state index is 5.92. The Hall–Kier alpha value is -2.68. The van der Waals surface area contributed by atoms with Crippen molar-refractivity contribution >= 4 is 0 Å². The lowest BCUT2D eigenvalue weighted by Crippen LogP contribution is -2.46. The van der Waals surface area contributed by atoms with Crippen LogP contribution in [0.4, 0.5) is 0 Å². The van der Waals surface area contributed by atoms with E-state index in [9.17, 15) is 0 Å². The van der Waals surface area contributed by atoms with Gasteiger partial charge < -0.3 is 5.73 Å². The third-order valence-corrected chi connectivity index (χ3v) is 6.03. The molecule has 2 heteroatoms. The molecule has 0 amide bonds. The molecule has 3 aromatic carbocycles. The van der Waals surface area contributed by atoms with Crippen LogP contribution >= 0.6 is 0 Å². The summed E-state index contributed by atoms with van der Waals surface area (Å²) in [5.74, 6) is 0.633. The Kier molecular flexibility index (Phi) is 6.24. The first kappa shape index (κ1) is 19.6. The van der Waals surface area contributed by atoms with Crippen LogP contribution in [-0.2, 0) is 5.54 Å². The third-order valence-electron chi connectivity index (χ3n) is 6.03. The van der Waals surface area contributed by atoms with E-state index >= 15 is 0 Å². The fourth-order valence-electron chi connectivity index (χ4n) is 4.54. The Bertz CT molecular complexity index is 874. The average Bonchev–Trinajstić information content (AvgIpc) is 2.82. The zero-order valence-corrected chi connectivity index (χ0v) is 16.9. The van der Waals surface area contributed by atoms with E-state index in [1.165, 1.54) is 35.1 Å². The van der Waals surface area contributed by atoms with Gasteiger partial charge in [0.25, 0.3) is 0 Å². The van der Waals surface area contributed by atoms with Gasteiger partial charge in [-0.3, -0.25) is 5.32 Å². The molecule has 1 aliphatic rings. The van der Waals surface area contributed by atoms with Crippen LogP contribution in [-0.4, -0.2) is 13.1 Å². The normalized spacial score (nSPS) is 16.7. The Balaban J connectivity index is 1.82. The van der Waals surface area contributed by atoms with E-state index in [0.29, 0.717) is 12.5 Å². The number of rotatable bonds is 7. The summed E-state index contributed by atoms with van der Waals surface area (Å²) in [6.45, 7) is 1.33. The topological polar surface area (TPSA) is 38.0 Å². The van der Waals surface area contributed by atoms with Crippen molar-refractivity contribution in [3.8, 4) is 0 Å². The number of allylic oxidation sites excluding steroid dienone is 2. The molecule has 0 saturated heterocycles. The molecule has 0 aliphatic heterocycles. The van der Waals surface area contributed by atoms with E-state index in [1.807, 2.05) is 0 Å². The first-order valence-electron chi connectivity index (χ1n) is 10.7. The Labute approximate surface area is 174 Å². The zero-order chi connectivity index (χ0) is 19.9. The molecule has 3 aromatic rings. The van der Waals surface area contributed by atoms with Crippen molar-refractivity contribution in [1.29, 1.82) is 0 Å². The van der Waals surface area contributed by atoms with Crippen molar-refractivity contribution in [2.24, 2.45) is 5.73 Å². The van der Waals surface area contributed by atoms with E-state index in [2.05, 4.69) is 102 Å². The van der Waals surface area contributed by atoms with Crippen molar-refractivity contribution in [2.45, 2.75) is 30.7 Å². The molecule has 0 radical (unpaired) electrons. The van der Waals surface area contributed by atoms with Gasteiger partial charge in [-0.05, 0) is 47.4 Å². The van der Waals surface area contributed by atoms with Gasteiger partial charge in [-0.25, -0.2) is 0 Å². The standard InChI is InChI=1S/C27H30N2/c28-20-21-29-27(24-12-6-2-7-13-24,25-14-8-3-9-15-25)26-18-16-23(17-19-26)22-10-4-1-5-11-22/h1-4,6-9,12-19,22,29H,5,10-11,20-21,28H2. The summed E-state index contributed by atoms with van der Waals surface area (Å²) in [6, 6.07) is 30.7. The molecule has 29 heavy (non-hydrogen) atoms. The summed E-state index contributed by atoms with van der Waals surface area (Å²) in [7, 11) is 0. The van der Waals surface area contributed by atoms with Crippen molar-refractivity contribution in [2.75, 3.05) is 13.1 Å². The van der Waals surface area contributed by atoms with Gasteiger partial charge in [0.1, 0.15) is 0 Å². The van der Waals surface area contributed by atoms with E-state index in [4.69, 9.17) is 5.73 Å². The molecular formula is C27H30N2. The van der Waals surface area contributed by atoms with Gasteiger partial charge in [-0.1, -0.05) is 97.1 Å².